The molecule has 2 aromatic rings. The van der Waals surface area contributed by atoms with Crippen molar-refractivity contribution in [2.24, 2.45) is 0 Å². The van der Waals surface area contributed by atoms with Crippen LogP contribution in [0.1, 0.15) is 12.8 Å². The zero-order valence-corrected chi connectivity index (χ0v) is 14.5. The molecule has 24 heavy (non-hydrogen) atoms. The first-order valence-electron chi connectivity index (χ1n) is 7.56. The molecule has 0 unspecified atom stereocenters. The highest BCUT2D eigenvalue weighted by Gasteiger charge is 2.23. The van der Waals surface area contributed by atoms with Gasteiger partial charge in [0.1, 0.15) is 5.52 Å². The molecule has 0 saturated carbocycles. The first-order valence-corrected chi connectivity index (χ1v) is 9.41. The third kappa shape index (κ3) is 4.98. The molecular formula is C14H22N6O3S. The fourth-order valence-electron chi connectivity index (χ4n) is 2.44. The Bertz CT molecular complexity index is 768. The number of nitrogens with one attached hydrogen (secondary N) is 3. The van der Waals surface area contributed by atoms with E-state index in [1.165, 1.54) is 12.5 Å². The topological polar surface area (TPSA) is 120 Å². The van der Waals surface area contributed by atoms with E-state index in [1.807, 2.05) is 7.05 Å². The van der Waals surface area contributed by atoms with Crippen LogP contribution < -0.4 is 10.6 Å². The number of carbonyl (C=O) groups is 1. The van der Waals surface area contributed by atoms with Crippen molar-refractivity contribution in [3.05, 3.63) is 18.5 Å². The molecule has 9 nitrogen and oxygen atoms in total. The molecule has 0 aromatic carbocycles. The van der Waals surface area contributed by atoms with Gasteiger partial charge in [-0.3, -0.25) is 4.79 Å². The third-order valence-corrected chi connectivity index (χ3v) is 5.10. The Morgan fingerprint density at radius 2 is 2.08 bits per heavy atom. The van der Waals surface area contributed by atoms with Crippen molar-refractivity contribution in [2.45, 2.75) is 18.9 Å². The lowest BCUT2D eigenvalue weighted by Gasteiger charge is -2.29. The summed E-state index contributed by atoms with van der Waals surface area (Å²) in [4.78, 5) is 21.1. The number of anilines is 1. The lowest BCUT2D eigenvalue weighted by molar-refractivity contribution is -0.105. The Morgan fingerprint density at radius 1 is 1.38 bits per heavy atom. The Labute approximate surface area is 140 Å². The second-order valence-corrected chi connectivity index (χ2v) is 7.44. The number of piperidine rings is 1. The summed E-state index contributed by atoms with van der Waals surface area (Å²) >= 11 is 0. The van der Waals surface area contributed by atoms with Crippen LogP contribution in [0.2, 0.25) is 0 Å². The summed E-state index contributed by atoms with van der Waals surface area (Å²) in [6.07, 6.45) is 6.92. The first kappa shape index (κ1) is 18.3. The average molecular weight is 354 g/mol. The molecule has 10 heteroatoms. The maximum absolute atomic E-state index is 11.1. The Kier molecular flexibility index (Phi) is 6.23. The number of aromatic amines is 1. The highest BCUT2D eigenvalue weighted by atomic mass is 32.2. The molecule has 1 amide bonds. The lowest BCUT2D eigenvalue weighted by Crippen LogP contribution is -2.43. The molecule has 0 atom stereocenters. The molecule has 1 aliphatic heterocycles. The van der Waals surface area contributed by atoms with Crippen molar-refractivity contribution in [3.63, 3.8) is 0 Å². The molecule has 0 spiro atoms. The number of aromatic nitrogens is 3. The summed E-state index contributed by atoms with van der Waals surface area (Å²) < 4.78 is 23.7. The Balaban J connectivity index is 0.000000174. The summed E-state index contributed by atoms with van der Waals surface area (Å²) in [7, 11) is -1.03. The molecule has 0 radical (unpaired) electrons. The van der Waals surface area contributed by atoms with Gasteiger partial charge < -0.3 is 15.6 Å². The van der Waals surface area contributed by atoms with E-state index in [1.54, 1.807) is 16.6 Å². The first-order chi connectivity index (χ1) is 11.4. The molecule has 2 aromatic heterocycles. The minimum atomic E-state index is -2.95. The SMILES string of the molecule is CNC1CCN(S(C)(=O)=O)CC1.O=CNc1cnc2[nH]ccc2n1. The van der Waals surface area contributed by atoms with Gasteiger partial charge in [-0.15, -0.1) is 0 Å². The Hall–Kier alpha value is -2.04. The summed E-state index contributed by atoms with van der Waals surface area (Å²) in [6.45, 7) is 1.31. The van der Waals surface area contributed by atoms with E-state index in [-0.39, 0.29) is 0 Å². The van der Waals surface area contributed by atoms with Gasteiger partial charge in [0.15, 0.2) is 11.5 Å². The molecule has 1 fully saturated rings. The smallest absolute Gasteiger partial charge is 0.212 e. The van der Waals surface area contributed by atoms with Crippen LogP contribution in [0.3, 0.4) is 0 Å². The van der Waals surface area contributed by atoms with Gasteiger partial charge in [-0.1, -0.05) is 0 Å². The monoisotopic (exact) mass is 354 g/mol. The molecule has 1 aliphatic rings. The quantitative estimate of drug-likeness (QED) is 0.673. The van der Waals surface area contributed by atoms with Crippen LogP contribution in [-0.2, 0) is 14.8 Å². The molecule has 0 bridgehead atoms. The number of rotatable bonds is 4. The second-order valence-electron chi connectivity index (χ2n) is 5.45. The van der Waals surface area contributed by atoms with E-state index in [9.17, 15) is 13.2 Å². The second kappa shape index (κ2) is 8.18. The van der Waals surface area contributed by atoms with E-state index >= 15 is 0 Å². The van der Waals surface area contributed by atoms with E-state index in [4.69, 9.17) is 0 Å². The largest absolute Gasteiger partial charge is 0.345 e. The van der Waals surface area contributed by atoms with Crippen molar-refractivity contribution in [3.8, 4) is 0 Å². The van der Waals surface area contributed by atoms with Crippen LogP contribution in [0.25, 0.3) is 11.2 Å². The Morgan fingerprint density at radius 3 is 2.67 bits per heavy atom. The van der Waals surface area contributed by atoms with Gasteiger partial charge in [-0.25, -0.2) is 22.7 Å². The van der Waals surface area contributed by atoms with Crippen molar-refractivity contribution in [2.75, 3.05) is 31.7 Å². The standard InChI is InChI=1S/C7H6N4O.C7H16N2O2S/c12-4-10-6-3-9-7-5(11-6)1-2-8-7;1-8-7-3-5-9(6-4-7)12(2,10)11/h1-4H,(H,8,9)(H,10,11,12);7-8H,3-6H2,1-2H3. The van der Waals surface area contributed by atoms with E-state index < -0.39 is 10.0 Å². The van der Waals surface area contributed by atoms with Crippen LogP contribution in [0.4, 0.5) is 5.82 Å². The van der Waals surface area contributed by atoms with Gasteiger partial charge in [-0.2, -0.15) is 0 Å². The van der Waals surface area contributed by atoms with Crippen LogP contribution in [0.15, 0.2) is 18.5 Å². The predicted octanol–water partition coefficient (Wildman–Crippen LogP) is 0.156. The summed E-state index contributed by atoms with van der Waals surface area (Å²) in [6, 6.07) is 2.28. The number of carbonyl (C=O) groups excluding carboxylic acids is 1. The van der Waals surface area contributed by atoms with Crippen LogP contribution >= 0.6 is 0 Å². The number of sulfonamides is 1. The molecule has 3 rings (SSSR count). The molecule has 0 aliphatic carbocycles. The maximum Gasteiger partial charge on any atom is 0.212 e. The van der Waals surface area contributed by atoms with Gasteiger partial charge in [0, 0.05) is 25.3 Å². The van der Waals surface area contributed by atoms with Crippen LogP contribution in [0, 0.1) is 0 Å². The number of fused-ring (bicyclic) bond motifs is 1. The minimum Gasteiger partial charge on any atom is -0.345 e. The highest BCUT2D eigenvalue weighted by Crippen LogP contribution is 2.12. The van der Waals surface area contributed by atoms with Gasteiger partial charge in [-0.05, 0) is 26.0 Å². The van der Waals surface area contributed by atoms with E-state index in [2.05, 4.69) is 25.6 Å². The van der Waals surface area contributed by atoms with Crippen molar-refractivity contribution >= 4 is 33.4 Å². The van der Waals surface area contributed by atoms with Gasteiger partial charge in [0.25, 0.3) is 0 Å². The number of hydrogen-bond donors (Lipinski definition) is 3. The predicted molar refractivity (Wildman–Crippen MR) is 92.1 cm³/mol. The fraction of sp³-hybridized carbons (Fsp3) is 0.500. The summed E-state index contributed by atoms with van der Waals surface area (Å²) in [5.41, 5.74) is 1.45. The normalized spacial score (nSPS) is 16.4. The summed E-state index contributed by atoms with van der Waals surface area (Å²) in [5, 5.41) is 5.58. The van der Waals surface area contributed by atoms with E-state index in [0.29, 0.717) is 37.0 Å². The third-order valence-electron chi connectivity index (χ3n) is 3.80. The van der Waals surface area contributed by atoms with Crippen molar-refractivity contribution in [1.29, 1.82) is 0 Å². The molecule has 1 saturated heterocycles. The lowest BCUT2D eigenvalue weighted by atomic mass is 10.1. The average Bonchev–Trinajstić information content (AvgIpc) is 3.03. The van der Waals surface area contributed by atoms with Gasteiger partial charge >= 0.3 is 0 Å². The molecular weight excluding hydrogens is 332 g/mol. The molecule has 3 N–H and O–H groups in total. The number of H-pyrrole nitrogens is 1. The molecule has 3 heterocycles. The molecule has 132 valence electrons. The van der Waals surface area contributed by atoms with Crippen LogP contribution in [-0.4, -0.2) is 66.5 Å². The fourth-order valence-corrected chi connectivity index (χ4v) is 3.31. The highest BCUT2D eigenvalue weighted by molar-refractivity contribution is 7.88. The van der Waals surface area contributed by atoms with Crippen molar-refractivity contribution in [1.82, 2.24) is 24.6 Å². The zero-order valence-electron chi connectivity index (χ0n) is 13.7. The minimum absolute atomic E-state index is 0.456. The zero-order chi connectivity index (χ0) is 17.6. The number of hydrogen-bond acceptors (Lipinski definition) is 6. The van der Waals surface area contributed by atoms with Gasteiger partial charge in [0.05, 0.1) is 12.5 Å². The summed E-state index contributed by atoms with van der Waals surface area (Å²) in [5.74, 6) is 0.456. The van der Waals surface area contributed by atoms with Crippen LogP contribution in [0.5, 0.6) is 0 Å². The maximum atomic E-state index is 11.1. The number of amides is 1. The van der Waals surface area contributed by atoms with Gasteiger partial charge in [0.2, 0.25) is 16.4 Å². The van der Waals surface area contributed by atoms with Crippen molar-refractivity contribution < 1.29 is 13.2 Å². The van der Waals surface area contributed by atoms with E-state index in [0.717, 1.165) is 18.4 Å². The number of nitrogens with zero attached hydrogens (tertiary/aromatic N) is 3.